The number of nitrogens with zero attached hydrogens (tertiary/aromatic N) is 5. The third-order valence-corrected chi connectivity index (χ3v) is 3.25. The van der Waals surface area contributed by atoms with Crippen LogP contribution in [0.5, 0.6) is 0 Å². The zero-order chi connectivity index (χ0) is 12.6. The fraction of sp³-hybridized carbons (Fsp3) is 0.455. The minimum Gasteiger partial charge on any atom is -0.353 e. The molecule has 2 aromatic heterocycles. The SMILES string of the molecule is CC1(CNc2nc(Cl)nc(-n3cccn3)n2)CC1. The van der Waals surface area contributed by atoms with Crippen molar-refractivity contribution in [3.8, 4) is 5.95 Å². The van der Waals surface area contributed by atoms with Gasteiger partial charge in [-0.2, -0.15) is 20.1 Å². The van der Waals surface area contributed by atoms with Crippen LogP contribution in [0.1, 0.15) is 19.8 Å². The number of nitrogens with one attached hydrogen (secondary N) is 1. The molecule has 0 unspecified atom stereocenters. The lowest BCUT2D eigenvalue weighted by Gasteiger charge is -2.10. The van der Waals surface area contributed by atoms with Crippen LogP contribution in [0.25, 0.3) is 5.95 Å². The van der Waals surface area contributed by atoms with Gasteiger partial charge in [0.25, 0.3) is 5.95 Å². The number of rotatable bonds is 4. The molecule has 18 heavy (non-hydrogen) atoms. The highest BCUT2D eigenvalue weighted by Gasteiger charge is 2.37. The fourth-order valence-electron chi connectivity index (χ4n) is 1.59. The van der Waals surface area contributed by atoms with Crippen LogP contribution in [-0.4, -0.2) is 31.3 Å². The Bertz CT molecular complexity index is 549. The predicted molar refractivity (Wildman–Crippen MR) is 67.8 cm³/mol. The van der Waals surface area contributed by atoms with Crippen LogP contribution < -0.4 is 5.32 Å². The molecule has 1 fully saturated rings. The Morgan fingerprint density at radius 1 is 1.39 bits per heavy atom. The lowest BCUT2D eigenvalue weighted by atomic mass is 10.1. The molecule has 2 aromatic rings. The maximum Gasteiger partial charge on any atom is 0.256 e. The van der Waals surface area contributed by atoms with Gasteiger partial charge in [-0.25, -0.2) is 4.68 Å². The molecular formula is C11H13ClN6. The molecule has 1 aliphatic rings. The van der Waals surface area contributed by atoms with Gasteiger partial charge >= 0.3 is 0 Å². The number of anilines is 1. The molecule has 0 aliphatic heterocycles. The van der Waals surface area contributed by atoms with Gasteiger partial charge in [0, 0.05) is 18.9 Å². The Balaban J connectivity index is 1.82. The quantitative estimate of drug-likeness (QED) is 0.914. The smallest absolute Gasteiger partial charge is 0.256 e. The third kappa shape index (κ3) is 2.43. The molecule has 1 aliphatic carbocycles. The molecule has 2 heterocycles. The molecule has 0 amide bonds. The third-order valence-electron chi connectivity index (χ3n) is 3.08. The first-order chi connectivity index (χ1) is 8.65. The van der Waals surface area contributed by atoms with Crippen LogP contribution >= 0.6 is 11.6 Å². The van der Waals surface area contributed by atoms with E-state index in [2.05, 4.69) is 32.3 Å². The Morgan fingerprint density at radius 3 is 2.89 bits per heavy atom. The van der Waals surface area contributed by atoms with Crippen molar-refractivity contribution < 1.29 is 0 Å². The van der Waals surface area contributed by atoms with E-state index < -0.39 is 0 Å². The normalized spacial score (nSPS) is 16.6. The van der Waals surface area contributed by atoms with Crippen molar-refractivity contribution in [2.24, 2.45) is 5.41 Å². The fourth-order valence-corrected chi connectivity index (χ4v) is 1.75. The standard InChI is InChI=1S/C11H13ClN6/c1-11(3-4-11)7-13-9-15-8(12)16-10(17-9)18-6-2-5-14-18/h2,5-6H,3-4,7H2,1H3,(H,13,15,16,17). The molecule has 1 N–H and O–H groups in total. The maximum absolute atomic E-state index is 5.89. The summed E-state index contributed by atoms with van der Waals surface area (Å²) in [4.78, 5) is 12.4. The number of aromatic nitrogens is 5. The summed E-state index contributed by atoms with van der Waals surface area (Å²) in [5.41, 5.74) is 0.380. The number of halogens is 1. The lowest BCUT2D eigenvalue weighted by molar-refractivity contribution is 0.606. The van der Waals surface area contributed by atoms with Crippen LogP contribution in [0.15, 0.2) is 18.5 Å². The predicted octanol–water partition coefficient (Wildman–Crippen LogP) is 1.92. The van der Waals surface area contributed by atoms with Crippen molar-refractivity contribution in [2.75, 3.05) is 11.9 Å². The van der Waals surface area contributed by atoms with E-state index in [1.165, 1.54) is 12.8 Å². The second-order valence-electron chi connectivity index (χ2n) is 4.84. The van der Waals surface area contributed by atoms with Crippen LogP contribution in [0.3, 0.4) is 0 Å². The summed E-state index contributed by atoms with van der Waals surface area (Å²) in [5, 5.41) is 7.44. The van der Waals surface area contributed by atoms with Crippen molar-refractivity contribution >= 4 is 17.5 Å². The molecule has 7 heteroatoms. The highest BCUT2D eigenvalue weighted by Crippen LogP contribution is 2.44. The monoisotopic (exact) mass is 264 g/mol. The lowest BCUT2D eigenvalue weighted by Crippen LogP contribution is -2.15. The summed E-state index contributed by atoms with van der Waals surface area (Å²) in [5.74, 6) is 0.914. The van der Waals surface area contributed by atoms with Crippen molar-refractivity contribution in [3.63, 3.8) is 0 Å². The topological polar surface area (TPSA) is 68.5 Å². The summed E-state index contributed by atoms with van der Waals surface area (Å²) < 4.78 is 1.55. The molecule has 0 saturated heterocycles. The summed E-state index contributed by atoms with van der Waals surface area (Å²) in [7, 11) is 0. The first kappa shape index (κ1) is 11.4. The van der Waals surface area contributed by atoms with Gasteiger partial charge in [-0.15, -0.1) is 0 Å². The average Bonchev–Trinajstić information content (AvgIpc) is 2.88. The molecule has 6 nitrogen and oxygen atoms in total. The Labute approximate surface area is 109 Å². The highest BCUT2D eigenvalue weighted by molar-refractivity contribution is 6.28. The van der Waals surface area contributed by atoms with Crippen LogP contribution in [0.4, 0.5) is 5.95 Å². The Morgan fingerprint density at radius 2 is 2.22 bits per heavy atom. The van der Waals surface area contributed by atoms with E-state index in [1.807, 2.05) is 0 Å². The molecule has 0 radical (unpaired) electrons. The molecule has 0 spiro atoms. The molecule has 0 aromatic carbocycles. The molecule has 1 saturated carbocycles. The van der Waals surface area contributed by atoms with Crippen LogP contribution in [0.2, 0.25) is 5.28 Å². The molecule has 3 rings (SSSR count). The van der Waals surface area contributed by atoms with E-state index in [1.54, 1.807) is 23.1 Å². The number of hydrogen-bond acceptors (Lipinski definition) is 5. The van der Waals surface area contributed by atoms with Crippen molar-refractivity contribution in [1.29, 1.82) is 0 Å². The summed E-state index contributed by atoms with van der Waals surface area (Å²) in [6, 6.07) is 1.80. The van der Waals surface area contributed by atoms with Gasteiger partial charge in [0.05, 0.1) is 0 Å². The van der Waals surface area contributed by atoms with Gasteiger partial charge in [0.15, 0.2) is 0 Å². The second-order valence-corrected chi connectivity index (χ2v) is 5.18. The van der Waals surface area contributed by atoms with Crippen molar-refractivity contribution in [1.82, 2.24) is 24.7 Å². The Hall–Kier alpha value is -1.69. The average molecular weight is 265 g/mol. The highest BCUT2D eigenvalue weighted by atomic mass is 35.5. The van der Waals surface area contributed by atoms with Crippen molar-refractivity contribution in [3.05, 3.63) is 23.7 Å². The van der Waals surface area contributed by atoms with Gasteiger partial charge in [0.2, 0.25) is 11.2 Å². The van der Waals surface area contributed by atoms with Crippen LogP contribution in [-0.2, 0) is 0 Å². The molecular weight excluding hydrogens is 252 g/mol. The first-order valence-electron chi connectivity index (χ1n) is 5.80. The van der Waals surface area contributed by atoms with E-state index in [9.17, 15) is 0 Å². The van der Waals surface area contributed by atoms with Gasteiger partial charge in [-0.05, 0) is 35.9 Å². The van der Waals surface area contributed by atoms with Crippen molar-refractivity contribution in [2.45, 2.75) is 19.8 Å². The maximum atomic E-state index is 5.89. The minimum absolute atomic E-state index is 0.166. The zero-order valence-electron chi connectivity index (χ0n) is 9.97. The van der Waals surface area contributed by atoms with E-state index >= 15 is 0 Å². The van der Waals surface area contributed by atoms with Gasteiger partial charge in [0.1, 0.15) is 0 Å². The first-order valence-corrected chi connectivity index (χ1v) is 6.18. The number of hydrogen-bond donors (Lipinski definition) is 1. The summed E-state index contributed by atoms with van der Waals surface area (Å²) in [6.45, 7) is 3.09. The summed E-state index contributed by atoms with van der Waals surface area (Å²) in [6.07, 6.45) is 5.91. The van der Waals surface area contributed by atoms with Gasteiger partial charge in [-0.3, -0.25) is 0 Å². The zero-order valence-corrected chi connectivity index (χ0v) is 10.7. The van der Waals surface area contributed by atoms with E-state index in [-0.39, 0.29) is 5.28 Å². The summed E-state index contributed by atoms with van der Waals surface area (Å²) >= 11 is 5.89. The van der Waals surface area contributed by atoms with Gasteiger partial charge in [-0.1, -0.05) is 6.92 Å². The van der Waals surface area contributed by atoms with E-state index in [0.29, 0.717) is 17.3 Å². The van der Waals surface area contributed by atoms with Crippen LogP contribution in [0, 0.1) is 5.41 Å². The minimum atomic E-state index is 0.166. The molecule has 94 valence electrons. The molecule has 0 atom stereocenters. The van der Waals surface area contributed by atoms with E-state index in [0.717, 1.165) is 6.54 Å². The molecule has 0 bridgehead atoms. The second kappa shape index (κ2) is 4.20. The van der Waals surface area contributed by atoms with Gasteiger partial charge < -0.3 is 5.32 Å². The Kier molecular flexibility index (Phi) is 2.66. The largest absolute Gasteiger partial charge is 0.353 e. The van der Waals surface area contributed by atoms with E-state index in [4.69, 9.17) is 11.6 Å².